The third-order valence-corrected chi connectivity index (χ3v) is 4.29. The molecule has 1 N–H and O–H groups in total. The van der Waals surface area contributed by atoms with Gasteiger partial charge in [-0.15, -0.1) is 0 Å². The zero-order chi connectivity index (χ0) is 14.5. The summed E-state index contributed by atoms with van der Waals surface area (Å²) in [4.78, 5) is 4.65. The minimum atomic E-state index is 0.625. The Hall–Kier alpha value is -1.77. The van der Waals surface area contributed by atoms with Crippen LogP contribution in [0.2, 0.25) is 0 Å². The average molecular weight is 283 g/mol. The van der Waals surface area contributed by atoms with Gasteiger partial charge in [0.2, 0.25) is 5.95 Å². The summed E-state index contributed by atoms with van der Waals surface area (Å²) < 4.78 is 2.29. The maximum Gasteiger partial charge on any atom is 0.203 e. The van der Waals surface area contributed by atoms with Crippen molar-refractivity contribution in [1.82, 2.24) is 9.55 Å². The van der Waals surface area contributed by atoms with Crippen LogP contribution in [-0.4, -0.2) is 15.6 Å². The Bertz CT molecular complexity index is 553. The van der Waals surface area contributed by atoms with Gasteiger partial charge in [0, 0.05) is 18.8 Å². The van der Waals surface area contributed by atoms with Crippen molar-refractivity contribution < 1.29 is 0 Å². The molecule has 0 amide bonds. The number of hydrogen-bond acceptors (Lipinski definition) is 2. The second-order valence-electron chi connectivity index (χ2n) is 6.11. The zero-order valence-electron chi connectivity index (χ0n) is 12.9. The molecular formula is C18H25N3. The Morgan fingerprint density at radius 3 is 2.71 bits per heavy atom. The lowest BCUT2D eigenvalue weighted by molar-refractivity contribution is 0.634. The number of hydrogen-bond donors (Lipinski definition) is 1. The van der Waals surface area contributed by atoms with Crippen LogP contribution < -0.4 is 5.32 Å². The van der Waals surface area contributed by atoms with E-state index in [1.807, 2.05) is 0 Å². The summed E-state index contributed by atoms with van der Waals surface area (Å²) in [6.45, 7) is 3.11. The first-order valence-corrected chi connectivity index (χ1v) is 8.15. The van der Waals surface area contributed by atoms with Crippen molar-refractivity contribution in [2.24, 2.45) is 0 Å². The normalized spacial score (nSPS) is 15.5. The van der Waals surface area contributed by atoms with E-state index in [0.717, 1.165) is 31.0 Å². The molecule has 0 aliphatic heterocycles. The van der Waals surface area contributed by atoms with Crippen LogP contribution in [0.25, 0.3) is 0 Å². The van der Waals surface area contributed by atoms with Gasteiger partial charge < -0.3 is 9.88 Å². The molecule has 1 heterocycles. The molecule has 112 valence electrons. The highest BCUT2D eigenvalue weighted by molar-refractivity contribution is 5.30. The van der Waals surface area contributed by atoms with Gasteiger partial charge in [0.05, 0.1) is 5.69 Å². The van der Waals surface area contributed by atoms with Crippen molar-refractivity contribution in [1.29, 1.82) is 0 Å². The molecule has 0 unspecified atom stereocenters. The van der Waals surface area contributed by atoms with Crippen molar-refractivity contribution in [2.75, 3.05) is 5.32 Å². The summed E-state index contributed by atoms with van der Waals surface area (Å²) in [6.07, 6.45) is 9.73. The third-order valence-electron chi connectivity index (χ3n) is 4.29. The summed E-state index contributed by atoms with van der Waals surface area (Å²) in [6, 6.07) is 11.3. The lowest BCUT2D eigenvalue weighted by Crippen LogP contribution is -2.18. The van der Waals surface area contributed by atoms with Crippen molar-refractivity contribution in [2.45, 2.75) is 58.0 Å². The van der Waals surface area contributed by atoms with Gasteiger partial charge in [-0.25, -0.2) is 4.98 Å². The molecule has 3 nitrogen and oxygen atoms in total. The molecular weight excluding hydrogens is 258 g/mol. The summed E-state index contributed by atoms with van der Waals surface area (Å²) in [5.41, 5.74) is 2.52. The van der Waals surface area contributed by atoms with Gasteiger partial charge in [-0.05, 0) is 38.2 Å². The van der Waals surface area contributed by atoms with E-state index >= 15 is 0 Å². The number of nitrogens with zero attached hydrogens (tertiary/aromatic N) is 2. The molecule has 0 spiro atoms. The van der Waals surface area contributed by atoms with E-state index in [1.165, 1.54) is 31.2 Å². The Balaban J connectivity index is 1.57. The van der Waals surface area contributed by atoms with Crippen LogP contribution in [0.5, 0.6) is 0 Å². The molecule has 3 heteroatoms. The summed E-state index contributed by atoms with van der Waals surface area (Å²) >= 11 is 0. The van der Waals surface area contributed by atoms with Crippen LogP contribution in [0.15, 0.2) is 36.5 Å². The predicted molar refractivity (Wildman–Crippen MR) is 87.6 cm³/mol. The van der Waals surface area contributed by atoms with Gasteiger partial charge in [-0.2, -0.15) is 0 Å². The predicted octanol–water partition coefficient (Wildman–Crippen LogP) is 4.18. The first-order valence-electron chi connectivity index (χ1n) is 8.15. The summed E-state index contributed by atoms with van der Waals surface area (Å²) in [5, 5.41) is 3.63. The fourth-order valence-electron chi connectivity index (χ4n) is 3.18. The van der Waals surface area contributed by atoms with E-state index in [1.54, 1.807) is 0 Å². The van der Waals surface area contributed by atoms with E-state index in [4.69, 9.17) is 0 Å². The molecule has 1 aliphatic rings. The van der Waals surface area contributed by atoms with Gasteiger partial charge in [0.1, 0.15) is 0 Å². The van der Waals surface area contributed by atoms with Gasteiger partial charge in [-0.1, -0.05) is 43.2 Å². The highest BCUT2D eigenvalue weighted by atomic mass is 15.2. The van der Waals surface area contributed by atoms with Crippen LogP contribution in [-0.2, 0) is 13.0 Å². The Morgan fingerprint density at radius 1 is 1.19 bits per heavy atom. The fraction of sp³-hybridized carbons (Fsp3) is 0.500. The molecule has 1 aromatic carbocycles. The SMILES string of the molecule is Cc1cn(CCCc2ccccc2)c(NC2CCCC2)n1. The summed E-state index contributed by atoms with van der Waals surface area (Å²) in [5.74, 6) is 1.06. The lowest BCUT2D eigenvalue weighted by Gasteiger charge is -2.14. The molecule has 2 aromatic rings. The van der Waals surface area contributed by atoms with Gasteiger partial charge in [0.25, 0.3) is 0 Å². The van der Waals surface area contributed by atoms with Gasteiger partial charge >= 0.3 is 0 Å². The highest BCUT2D eigenvalue weighted by Crippen LogP contribution is 2.22. The van der Waals surface area contributed by atoms with E-state index in [2.05, 4.69) is 58.3 Å². The molecule has 0 radical (unpaired) electrons. The van der Waals surface area contributed by atoms with Gasteiger partial charge in [0.15, 0.2) is 0 Å². The monoisotopic (exact) mass is 283 g/mol. The van der Waals surface area contributed by atoms with Crippen LogP contribution >= 0.6 is 0 Å². The molecule has 21 heavy (non-hydrogen) atoms. The van der Waals surface area contributed by atoms with Crippen LogP contribution in [0.1, 0.15) is 43.4 Å². The molecule has 0 saturated heterocycles. The van der Waals surface area contributed by atoms with Crippen molar-refractivity contribution in [3.63, 3.8) is 0 Å². The van der Waals surface area contributed by atoms with Crippen LogP contribution in [0, 0.1) is 6.92 Å². The number of nitrogens with one attached hydrogen (secondary N) is 1. The van der Waals surface area contributed by atoms with Crippen molar-refractivity contribution in [3.8, 4) is 0 Å². The number of imidazole rings is 1. The lowest BCUT2D eigenvalue weighted by atomic mass is 10.1. The molecule has 0 bridgehead atoms. The second kappa shape index (κ2) is 6.79. The molecule has 1 aliphatic carbocycles. The number of rotatable bonds is 6. The quantitative estimate of drug-likeness (QED) is 0.862. The maximum atomic E-state index is 4.65. The van der Waals surface area contributed by atoms with Crippen LogP contribution in [0.3, 0.4) is 0 Å². The van der Waals surface area contributed by atoms with E-state index in [-0.39, 0.29) is 0 Å². The average Bonchev–Trinajstić information content (AvgIpc) is 3.11. The zero-order valence-corrected chi connectivity index (χ0v) is 12.9. The molecule has 0 atom stereocenters. The number of aryl methyl sites for hydroxylation is 3. The Morgan fingerprint density at radius 2 is 1.95 bits per heavy atom. The number of benzene rings is 1. The molecule has 1 saturated carbocycles. The molecule has 3 rings (SSSR count). The molecule has 1 fully saturated rings. The Kier molecular flexibility index (Phi) is 4.59. The van der Waals surface area contributed by atoms with E-state index in [0.29, 0.717) is 6.04 Å². The standard InChI is InChI=1S/C18H25N3/c1-15-14-21(13-7-10-16-8-3-2-4-9-16)18(19-15)20-17-11-5-6-12-17/h2-4,8-9,14,17H,5-7,10-13H2,1H3,(H,19,20). The number of aromatic nitrogens is 2. The van der Waals surface area contributed by atoms with E-state index in [9.17, 15) is 0 Å². The first-order chi connectivity index (χ1) is 10.3. The van der Waals surface area contributed by atoms with Crippen molar-refractivity contribution in [3.05, 3.63) is 47.8 Å². The summed E-state index contributed by atoms with van der Waals surface area (Å²) in [7, 11) is 0. The largest absolute Gasteiger partial charge is 0.353 e. The minimum absolute atomic E-state index is 0.625. The van der Waals surface area contributed by atoms with Crippen molar-refractivity contribution >= 4 is 5.95 Å². The fourth-order valence-corrected chi connectivity index (χ4v) is 3.18. The van der Waals surface area contributed by atoms with E-state index < -0.39 is 0 Å². The molecule has 1 aromatic heterocycles. The van der Waals surface area contributed by atoms with Gasteiger partial charge in [-0.3, -0.25) is 0 Å². The topological polar surface area (TPSA) is 29.9 Å². The number of anilines is 1. The minimum Gasteiger partial charge on any atom is -0.353 e. The smallest absolute Gasteiger partial charge is 0.203 e. The van der Waals surface area contributed by atoms with Crippen LogP contribution in [0.4, 0.5) is 5.95 Å². The third kappa shape index (κ3) is 3.87. The highest BCUT2D eigenvalue weighted by Gasteiger charge is 2.17. The first kappa shape index (κ1) is 14.2. The second-order valence-corrected chi connectivity index (χ2v) is 6.11. The Labute approximate surface area is 127 Å². The maximum absolute atomic E-state index is 4.65.